The molecule has 110 valence electrons. The van der Waals surface area contributed by atoms with Gasteiger partial charge in [0.2, 0.25) is 0 Å². The van der Waals surface area contributed by atoms with Crippen molar-refractivity contribution < 1.29 is 14.3 Å². The molecule has 3 rings (SSSR count). The molecular formula is C15H22N2O3. The fourth-order valence-corrected chi connectivity index (χ4v) is 3.12. The Morgan fingerprint density at radius 2 is 2.30 bits per heavy atom. The number of carbonyl (C=O) groups excluding carboxylic acids is 1. The first kappa shape index (κ1) is 13.6. The number of ether oxygens (including phenoxy) is 2. The van der Waals surface area contributed by atoms with Gasteiger partial charge < -0.3 is 14.0 Å². The van der Waals surface area contributed by atoms with E-state index in [9.17, 15) is 4.79 Å². The molecule has 0 bridgehead atoms. The molecule has 20 heavy (non-hydrogen) atoms. The van der Waals surface area contributed by atoms with Gasteiger partial charge in [0.15, 0.2) is 0 Å². The Balaban J connectivity index is 1.63. The van der Waals surface area contributed by atoms with Crippen molar-refractivity contribution in [3.8, 4) is 0 Å². The van der Waals surface area contributed by atoms with Crippen LogP contribution in [0, 0.1) is 5.92 Å². The van der Waals surface area contributed by atoms with Gasteiger partial charge in [0.05, 0.1) is 31.8 Å². The van der Waals surface area contributed by atoms with Crippen LogP contribution < -0.4 is 0 Å². The summed E-state index contributed by atoms with van der Waals surface area (Å²) in [5, 5.41) is 0. The molecule has 0 aliphatic carbocycles. The lowest BCUT2D eigenvalue weighted by atomic mass is 10.0. The van der Waals surface area contributed by atoms with Crippen molar-refractivity contribution in [3.05, 3.63) is 24.0 Å². The zero-order valence-electron chi connectivity index (χ0n) is 12.0. The first-order chi connectivity index (χ1) is 9.75. The maximum Gasteiger partial charge on any atom is 0.309 e. The van der Waals surface area contributed by atoms with Crippen LogP contribution in [0.3, 0.4) is 0 Å². The number of esters is 1. The highest BCUT2D eigenvalue weighted by Crippen LogP contribution is 2.26. The zero-order chi connectivity index (χ0) is 13.9. The number of hydrogen-bond donors (Lipinski definition) is 0. The molecule has 2 aliphatic rings. The summed E-state index contributed by atoms with van der Waals surface area (Å²) in [6, 6.07) is 4.51. The largest absolute Gasteiger partial charge is 0.465 e. The van der Waals surface area contributed by atoms with Gasteiger partial charge in [-0.1, -0.05) is 0 Å². The van der Waals surface area contributed by atoms with Crippen molar-refractivity contribution >= 4 is 5.97 Å². The summed E-state index contributed by atoms with van der Waals surface area (Å²) in [5.41, 5.74) is 1.28. The SMILES string of the molecule is Cn1cccc1[C@H]1COCCN1CC[C@H]1CCOC1=O. The van der Waals surface area contributed by atoms with E-state index < -0.39 is 0 Å². The number of nitrogens with zero attached hydrogens (tertiary/aromatic N) is 2. The minimum Gasteiger partial charge on any atom is -0.465 e. The molecule has 1 aromatic rings. The second kappa shape index (κ2) is 5.97. The molecule has 2 aliphatic heterocycles. The standard InChI is InChI=1S/C15H22N2O3/c1-16-6-2-3-13(16)14-11-19-10-8-17(14)7-4-12-5-9-20-15(12)18/h2-3,6,12,14H,4-5,7-11H2,1H3/t12-,14+/m0/s1. The summed E-state index contributed by atoms with van der Waals surface area (Å²) in [4.78, 5) is 14.0. The third-order valence-electron chi connectivity index (χ3n) is 4.37. The van der Waals surface area contributed by atoms with E-state index in [0.717, 1.165) is 39.1 Å². The summed E-state index contributed by atoms with van der Waals surface area (Å²) in [6.07, 6.45) is 3.83. The maximum absolute atomic E-state index is 11.5. The maximum atomic E-state index is 11.5. The number of rotatable bonds is 4. The van der Waals surface area contributed by atoms with Crippen LogP contribution in [0.15, 0.2) is 18.3 Å². The minimum absolute atomic E-state index is 0.0197. The van der Waals surface area contributed by atoms with Crippen LogP contribution in [0.2, 0.25) is 0 Å². The van der Waals surface area contributed by atoms with E-state index in [1.54, 1.807) is 0 Å². The smallest absolute Gasteiger partial charge is 0.309 e. The van der Waals surface area contributed by atoms with Crippen molar-refractivity contribution in [2.75, 3.05) is 32.9 Å². The van der Waals surface area contributed by atoms with Gasteiger partial charge in [0.25, 0.3) is 0 Å². The Morgan fingerprint density at radius 1 is 1.40 bits per heavy atom. The molecule has 5 heteroatoms. The Kier molecular flexibility index (Phi) is 4.08. The van der Waals surface area contributed by atoms with Gasteiger partial charge in [-0.15, -0.1) is 0 Å². The predicted molar refractivity (Wildman–Crippen MR) is 74.2 cm³/mol. The Labute approximate surface area is 119 Å². The quantitative estimate of drug-likeness (QED) is 0.780. The van der Waals surface area contributed by atoms with Gasteiger partial charge in [-0.3, -0.25) is 9.69 Å². The zero-order valence-corrected chi connectivity index (χ0v) is 12.0. The molecule has 2 saturated heterocycles. The van der Waals surface area contributed by atoms with Gasteiger partial charge in [0.1, 0.15) is 0 Å². The van der Waals surface area contributed by atoms with Gasteiger partial charge in [0, 0.05) is 25.5 Å². The van der Waals surface area contributed by atoms with E-state index in [0.29, 0.717) is 12.6 Å². The van der Waals surface area contributed by atoms with Crippen LogP contribution in [0.5, 0.6) is 0 Å². The van der Waals surface area contributed by atoms with Gasteiger partial charge in [-0.2, -0.15) is 0 Å². The molecule has 3 heterocycles. The van der Waals surface area contributed by atoms with E-state index in [1.807, 2.05) is 0 Å². The summed E-state index contributed by atoms with van der Waals surface area (Å²) >= 11 is 0. The third kappa shape index (κ3) is 2.74. The summed E-state index contributed by atoms with van der Waals surface area (Å²) in [7, 11) is 2.07. The van der Waals surface area contributed by atoms with Crippen LogP contribution in [-0.2, 0) is 21.3 Å². The molecule has 0 N–H and O–H groups in total. The van der Waals surface area contributed by atoms with Gasteiger partial charge >= 0.3 is 5.97 Å². The highest BCUT2D eigenvalue weighted by molar-refractivity contribution is 5.74. The second-order valence-corrected chi connectivity index (χ2v) is 5.61. The molecular weight excluding hydrogens is 256 g/mol. The second-order valence-electron chi connectivity index (χ2n) is 5.61. The number of morpholine rings is 1. The number of aromatic nitrogens is 1. The van der Waals surface area contributed by atoms with E-state index in [-0.39, 0.29) is 11.9 Å². The fraction of sp³-hybridized carbons (Fsp3) is 0.667. The molecule has 5 nitrogen and oxygen atoms in total. The van der Waals surface area contributed by atoms with Crippen molar-refractivity contribution in [1.82, 2.24) is 9.47 Å². The van der Waals surface area contributed by atoms with Crippen LogP contribution in [0.4, 0.5) is 0 Å². The van der Waals surface area contributed by atoms with Crippen molar-refractivity contribution in [2.45, 2.75) is 18.9 Å². The molecule has 0 saturated carbocycles. The number of hydrogen-bond acceptors (Lipinski definition) is 4. The average molecular weight is 278 g/mol. The lowest BCUT2D eigenvalue weighted by molar-refractivity contribution is -0.141. The molecule has 0 aromatic carbocycles. The van der Waals surface area contributed by atoms with E-state index in [1.165, 1.54) is 5.69 Å². The normalized spacial score (nSPS) is 27.8. The molecule has 2 atom stereocenters. The van der Waals surface area contributed by atoms with Gasteiger partial charge in [-0.25, -0.2) is 0 Å². The molecule has 1 aromatic heterocycles. The third-order valence-corrected chi connectivity index (χ3v) is 4.37. The van der Waals surface area contributed by atoms with Gasteiger partial charge in [-0.05, 0) is 31.5 Å². The summed E-state index contributed by atoms with van der Waals surface area (Å²) in [5.74, 6) is 0.0700. The molecule has 2 fully saturated rings. The first-order valence-corrected chi connectivity index (χ1v) is 7.35. The minimum atomic E-state index is -0.0197. The lowest BCUT2D eigenvalue weighted by Gasteiger charge is -2.36. The highest BCUT2D eigenvalue weighted by Gasteiger charge is 2.30. The Bertz CT molecular complexity index is 471. The lowest BCUT2D eigenvalue weighted by Crippen LogP contribution is -2.41. The number of cyclic esters (lactones) is 1. The topological polar surface area (TPSA) is 43.7 Å². The number of carbonyl (C=O) groups is 1. The molecule has 0 radical (unpaired) electrons. The Morgan fingerprint density at radius 3 is 3.00 bits per heavy atom. The van der Waals surface area contributed by atoms with E-state index >= 15 is 0 Å². The van der Waals surface area contributed by atoms with Crippen molar-refractivity contribution in [3.63, 3.8) is 0 Å². The average Bonchev–Trinajstić information content (AvgIpc) is 3.06. The fourth-order valence-electron chi connectivity index (χ4n) is 3.12. The first-order valence-electron chi connectivity index (χ1n) is 7.35. The van der Waals surface area contributed by atoms with Crippen LogP contribution in [0.1, 0.15) is 24.6 Å². The number of aryl methyl sites for hydroxylation is 1. The van der Waals surface area contributed by atoms with E-state index in [4.69, 9.17) is 9.47 Å². The molecule has 0 spiro atoms. The molecule has 0 unspecified atom stereocenters. The van der Waals surface area contributed by atoms with E-state index in [2.05, 4.69) is 34.8 Å². The van der Waals surface area contributed by atoms with Crippen LogP contribution >= 0.6 is 0 Å². The van der Waals surface area contributed by atoms with Crippen LogP contribution in [-0.4, -0.2) is 48.3 Å². The van der Waals surface area contributed by atoms with Crippen molar-refractivity contribution in [2.24, 2.45) is 13.0 Å². The summed E-state index contributed by atoms with van der Waals surface area (Å²) in [6.45, 7) is 3.95. The van der Waals surface area contributed by atoms with Crippen molar-refractivity contribution in [1.29, 1.82) is 0 Å². The van der Waals surface area contributed by atoms with Crippen LogP contribution in [0.25, 0.3) is 0 Å². The highest BCUT2D eigenvalue weighted by atomic mass is 16.5. The molecule has 0 amide bonds. The Hall–Kier alpha value is -1.33. The summed E-state index contributed by atoms with van der Waals surface area (Å²) < 4.78 is 12.8. The monoisotopic (exact) mass is 278 g/mol. The predicted octanol–water partition coefficient (Wildman–Crippen LogP) is 1.35.